The van der Waals surface area contributed by atoms with Crippen molar-refractivity contribution in [3.63, 3.8) is 0 Å². The van der Waals surface area contributed by atoms with Crippen LogP contribution in [-0.2, 0) is 14.8 Å². The first-order valence-corrected chi connectivity index (χ1v) is 12.7. The summed E-state index contributed by atoms with van der Waals surface area (Å²) in [5, 5.41) is 5.05. The van der Waals surface area contributed by atoms with Gasteiger partial charge in [-0.05, 0) is 25.5 Å². The van der Waals surface area contributed by atoms with E-state index < -0.39 is 16.1 Å². The summed E-state index contributed by atoms with van der Waals surface area (Å²) in [4.78, 5) is 16.8. The molecule has 0 spiro atoms. The Kier molecular flexibility index (Phi) is 6.62. The van der Waals surface area contributed by atoms with Crippen molar-refractivity contribution in [2.24, 2.45) is 0 Å². The van der Waals surface area contributed by atoms with Gasteiger partial charge in [0, 0.05) is 27.2 Å². The van der Waals surface area contributed by atoms with E-state index in [-0.39, 0.29) is 22.9 Å². The van der Waals surface area contributed by atoms with Gasteiger partial charge in [-0.2, -0.15) is 4.31 Å². The molecular weight excluding hydrogens is 470 g/mol. The van der Waals surface area contributed by atoms with Crippen molar-refractivity contribution in [1.29, 1.82) is 0 Å². The second-order valence-corrected chi connectivity index (χ2v) is 10.8. The number of nitrogens with one attached hydrogen (secondary N) is 1. The molecule has 1 saturated heterocycles. The number of rotatable bonds is 6. The third-order valence-corrected chi connectivity index (χ3v) is 8.78. The number of sulfonamides is 1. The van der Waals surface area contributed by atoms with E-state index in [1.54, 1.807) is 5.38 Å². The molecule has 0 saturated carbocycles. The zero-order valence-electron chi connectivity index (χ0n) is 14.9. The van der Waals surface area contributed by atoms with Crippen molar-refractivity contribution in [2.45, 2.75) is 37.4 Å². The lowest BCUT2D eigenvalue weighted by atomic mass is 10.2. The van der Waals surface area contributed by atoms with E-state index >= 15 is 0 Å². The van der Waals surface area contributed by atoms with Gasteiger partial charge < -0.3 is 5.32 Å². The van der Waals surface area contributed by atoms with Crippen LogP contribution in [0.15, 0.2) is 39.1 Å². The highest BCUT2D eigenvalue weighted by atomic mass is 79.9. The molecule has 1 aliphatic heterocycles. The molecule has 1 aliphatic rings. The minimum absolute atomic E-state index is 0.00532. The van der Waals surface area contributed by atoms with Gasteiger partial charge in [0.15, 0.2) is 5.03 Å². The van der Waals surface area contributed by atoms with E-state index in [2.05, 4.69) is 26.2 Å². The van der Waals surface area contributed by atoms with Gasteiger partial charge in [0.25, 0.3) is 10.0 Å². The van der Waals surface area contributed by atoms with Crippen LogP contribution in [0.3, 0.4) is 0 Å². The predicted octanol–water partition coefficient (Wildman–Crippen LogP) is 3.55. The molecule has 10 heteroatoms. The Bertz CT molecular complexity index is 915. The molecule has 146 valence electrons. The average Bonchev–Trinajstić information content (AvgIpc) is 3.32. The van der Waals surface area contributed by atoms with E-state index in [9.17, 15) is 13.2 Å². The Morgan fingerprint density at radius 3 is 2.78 bits per heavy atom. The van der Waals surface area contributed by atoms with Crippen LogP contribution in [0.25, 0.3) is 10.6 Å². The topological polar surface area (TPSA) is 79.4 Å². The van der Waals surface area contributed by atoms with Gasteiger partial charge in [-0.15, -0.1) is 23.1 Å². The van der Waals surface area contributed by atoms with Gasteiger partial charge in [0.1, 0.15) is 11.0 Å². The molecule has 27 heavy (non-hydrogen) atoms. The van der Waals surface area contributed by atoms with Crippen LogP contribution in [-0.4, -0.2) is 47.3 Å². The number of thiazole rings is 1. The summed E-state index contributed by atoms with van der Waals surface area (Å²) in [5.41, 5.74) is 0.853. The summed E-state index contributed by atoms with van der Waals surface area (Å²) < 4.78 is 28.3. The third kappa shape index (κ3) is 4.56. The Morgan fingerprint density at radius 1 is 1.41 bits per heavy atom. The van der Waals surface area contributed by atoms with Crippen LogP contribution in [0.5, 0.6) is 0 Å². The maximum atomic E-state index is 13.1. The first-order chi connectivity index (χ1) is 12.8. The van der Waals surface area contributed by atoms with E-state index in [0.717, 1.165) is 16.5 Å². The maximum Gasteiger partial charge on any atom is 0.262 e. The largest absolute Gasteiger partial charge is 0.352 e. The first kappa shape index (κ1) is 20.8. The first-order valence-electron chi connectivity index (χ1n) is 8.44. The normalized spacial score (nSPS) is 19.1. The Labute approximate surface area is 175 Å². The number of amides is 1. The highest BCUT2D eigenvalue weighted by Crippen LogP contribution is 2.32. The molecule has 1 aromatic heterocycles. The van der Waals surface area contributed by atoms with Crippen molar-refractivity contribution in [1.82, 2.24) is 14.6 Å². The van der Waals surface area contributed by atoms with Crippen LogP contribution in [0.1, 0.15) is 20.3 Å². The molecule has 2 atom stereocenters. The Hall–Kier alpha value is -0.940. The predicted molar refractivity (Wildman–Crippen MR) is 113 cm³/mol. The molecular formula is C17H20BrN3O3S3. The summed E-state index contributed by atoms with van der Waals surface area (Å²) in [6, 6.07) is 6.85. The molecule has 2 heterocycles. The summed E-state index contributed by atoms with van der Waals surface area (Å²) in [5.74, 6) is 0.457. The molecule has 0 aliphatic carbocycles. The van der Waals surface area contributed by atoms with Crippen molar-refractivity contribution in [2.75, 3.05) is 11.6 Å². The number of nitrogens with zero attached hydrogens (tertiary/aromatic N) is 2. The quantitative estimate of drug-likeness (QED) is 0.670. The standard InChI is InChI=1S/C17H20BrN3O3S3/c1-3-11(2)19-16(22)14-8-25-10-21(14)27(23,24)15-9-26-17(20-15)12-4-6-13(18)7-5-12/h4-7,9,11,14H,3,8,10H2,1-2H3,(H,19,22). The van der Waals surface area contributed by atoms with Crippen LogP contribution in [0.4, 0.5) is 0 Å². The van der Waals surface area contributed by atoms with E-state index in [0.29, 0.717) is 10.8 Å². The molecule has 1 fully saturated rings. The monoisotopic (exact) mass is 489 g/mol. The van der Waals surface area contributed by atoms with Gasteiger partial charge in [-0.1, -0.05) is 35.0 Å². The highest BCUT2D eigenvalue weighted by Gasteiger charge is 2.41. The van der Waals surface area contributed by atoms with E-state index in [4.69, 9.17) is 0 Å². The lowest BCUT2D eigenvalue weighted by molar-refractivity contribution is -0.124. The lowest BCUT2D eigenvalue weighted by Gasteiger charge is -2.23. The minimum Gasteiger partial charge on any atom is -0.352 e. The Balaban J connectivity index is 1.83. The number of carbonyl (C=O) groups is 1. The van der Waals surface area contributed by atoms with Crippen molar-refractivity contribution in [3.8, 4) is 10.6 Å². The fourth-order valence-corrected chi connectivity index (χ4v) is 7.02. The van der Waals surface area contributed by atoms with Crippen molar-refractivity contribution < 1.29 is 13.2 Å². The number of benzene rings is 1. The van der Waals surface area contributed by atoms with Gasteiger partial charge in [-0.3, -0.25) is 4.79 Å². The summed E-state index contributed by atoms with van der Waals surface area (Å²) in [7, 11) is -3.83. The van der Waals surface area contributed by atoms with Crippen molar-refractivity contribution >= 4 is 55.0 Å². The molecule has 6 nitrogen and oxygen atoms in total. The second-order valence-electron chi connectivity index (χ2n) is 6.22. The fourth-order valence-electron chi connectivity index (χ4n) is 2.53. The third-order valence-electron chi connectivity index (χ3n) is 4.29. The minimum atomic E-state index is -3.83. The second kappa shape index (κ2) is 8.60. The molecule has 1 aromatic carbocycles. The SMILES string of the molecule is CCC(C)NC(=O)C1CSCN1S(=O)(=O)c1csc(-c2ccc(Br)cc2)n1. The van der Waals surface area contributed by atoms with Crippen molar-refractivity contribution in [3.05, 3.63) is 34.1 Å². The number of halogens is 1. The van der Waals surface area contributed by atoms with Gasteiger partial charge >= 0.3 is 0 Å². The molecule has 1 amide bonds. The lowest BCUT2D eigenvalue weighted by Crippen LogP contribution is -2.49. The highest BCUT2D eigenvalue weighted by molar-refractivity contribution is 9.10. The van der Waals surface area contributed by atoms with Crippen LogP contribution in [0.2, 0.25) is 0 Å². The molecule has 2 aromatic rings. The van der Waals surface area contributed by atoms with Crippen LogP contribution in [0, 0.1) is 0 Å². The number of aromatic nitrogens is 1. The average molecular weight is 490 g/mol. The summed E-state index contributed by atoms with van der Waals surface area (Å²) in [6.45, 7) is 3.88. The molecule has 3 rings (SSSR count). The van der Waals surface area contributed by atoms with E-state index in [1.165, 1.54) is 27.4 Å². The van der Waals surface area contributed by atoms with Gasteiger partial charge in [0.05, 0.1) is 5.88 Å². The molecule has 0 bridgehead atoms. The van der Waals surface area contributed by atoms with Crippen LogP contribution >= 0.6 is 39.0 Å². The van der Waals surface area contributed by atoms with E-state index in [1.807, 2.05) is 38.1 Å². The fraction of sp³-hybridized carbons (Fsp3) is 0.412. The zero-order chi connectivity index (χ0) is 19.6. The number of carbonyl (C=O) groups excluding carboxylic acids is 1. The molecule has 0 radical (unpaired) electrons. The molecule has 1 N–H and O–H groups in total. The van der Waals surface area contributed by atoms with Crippen LogP contribution < -0.4 is 5.32 Å². The Morgan fingerprint density at radius 2 is 2.11 bits per heavy atom. The smallest absolute Gasteiger partial charge is 0.262 e. The summed E-state index contributed by atoms with van der Waals surface area (Å²) in [6.07, 6.45) is 0.793. The number of thioether (sulfide) groups is 1. The summed E-state index contributed by atoms with van der Waals surface area (Å²) >= 11 is 6.10. The van der Waals surface area contributed by atoms with Gasteiger partial charge in [0.2, 0.25) is 5.91 Å². The molecule has 2 unspecified atom stereocenters. The number of hydrogen-bond acceptors (Lipinski definition) is 6. The zero-order valence-corrected chi connectivity index (χ0v) is 18.9. The number of hydrogen-bond donors (Lipinski definition) is 1. The van der Waals surface area contributed by atoms with Gasteiger partial charge in [-0.25, -0.2) is 13.4 Å². The maximum absolute atomic E-state index is 13.1.